The van der Waals surface area contributed by atoms with Crippen molar-refractivity contribution in [1.29, 1.82) is 0 Å². The summed E-state index contributed by atoms with van der Waals surface area (Å²) >= 11 is 0. The van der Waals surface area contributed by atoms with Crippen molar-refractivity contribution in [2.75, 3.05) is 71.5 Å². The lowest BCUT2D eigenvalue weighted by Crippen LogP contribution is -2.50. The molecule has 3 heterocycles. The zero-order chi connectivity index (χ0) is 30.6. The molecule has 43 heavy (non-hydrogen) atoms. The number of halogens is 1. The lowest BCUT2D eigenvalue weighted by Gasteiger charge is -2.47. The van der Waals surface area contributed by atoms with Crippen LogP contribution in [0.15, 0.2) is 47.3 Å². The van der Waals surface area contributed by atoms with Crippen LogP contribution in [-0.4, -0.2) is 95.9 Å². The van der Waals surface area contributed by atoms with E-state index in [2.05, 4.69) is 52.8 Å². The molecule has 2 aliphatic heterocycles. The van der Waals surface area contributed by atoms with Gasteiger partial charge in [0.2, 0.25) is 0 Å². The van der Waals surface area contributed by atoms with E-state index in [1.807, 2.05) is 35.8 Å². The number of phenolic OH excluding ortho intramolecular Hbond substituents is 1. The third kappa shape index (κ3) is 6.44. The maximum Gasteiger partial charge on any atom is 0.261 e. The van der Waals surface area contributed by atoms with Crippen LogP contribution in [0.5, 0.6) is 5.75 Å². The molecule has 0 aliphatic carbocycles. The Morgan fingerprint density at radius 2 is 1.81 bits per heavy atom. The van der Waals surface area contributed by atoms with Gasteiger partial charge in [0.1, 0.15) is 18.2 Å². The molecule has 0 spiro atoms. The van der Waals surface area contributed by atoms with Gasteiger partial charge in [-0.2, -0.15) is 0 Å². The van der Waals surface area contributed by atoms with E-state index in [9.17, 15) is 14.3 Å². The summed E-state index contributed by atoms with van der Waals surface area (Å²) in [7, 11) is 4.23. The monoisotopic (exact) mass is 592 g/mol. The van der Waals surface area contributed by atoms with Crippen LogP contribution < -0.4 is 10.5 Å². The van der Waals surface area contributed by atoms with Crippen LogP contribution in [0.25, 0.3) is 10.9 Å². The number of hydrogen-bond acceptors (Lipinski definition) is 7. The average molecular weight is 593 g/mol. The van der Waals surface area contributed by atoms with Crippen LogP contribution in [0.3, 0.4) is 0 Å². The van der Waals surface area contributed by atoms with Gasteiger partial charge in [0.15, 0.2) is 0 Å². The Balaban J connectivity index is 1.42. The molecule has 1 N–H and O–H groups in total. The van der Waals surface area contributed by atoms with E-state index in [1.54, 1.807) is 6.07 Å². The number of rotatable bonds is 10. The number of piperidine rings is 1. The molecule has 2 aliphatic rings. The lowest BCUT2D eigenvalue weighted by atomic mass is 9.79. The molecule has 0 amide bonds. The number of aromatic hydroxyl groups is 1. The smallest absolute Gasteiger partial charge is 0.261 e. The Hall–Kier alpha value is -3.01. The summed E-state index contributed by atoms with van der Waals surface area (Å²) in [5.41, 5.74) is 2.82. The first kappa shape index (κ1) is 31.4. The minimum Gasteiger partial charge on any atom is -0.508 e. The number of aromatic nitrogens is 2. The highest BCUT2D eigenvalue weighted by molar-refractivity contribution is 5.82. The number of hydrogen-bond donors (Lipinski definition) is 1. The van der Waals surface area contributed by atoms with Gasteiger partial charge < -0.3 is 10.0 Å². The summed E-state index contributed by atoms with van der Waals surface area (Å²) in [5.74, 6) is 1.15. The third-order valence-electron chi connectivity index (χ3n) is 9.80. The Kier molecular flexibility index (Phi) is 10.0. The van der Waals surface area contributed by atoms with E-state index in [-0.39, 0.29) is 23.8 Å². The molecule has 0 saturated carbocycles. The molecule has 5 rings (SSSR count). The van der Waals surface area contributed by atoms with Gasteiger partial charge in [0.25, 0.3) is 5.56 Å². The van der Waals surface area contributed by atoms with E-state index in [0.29, 0.717) is 24.2 Å². The first-order valence-electron chi connectivity index (χ1n) is 16.1. The summed E-state index contributed by atoms with van der Waals surface area (Å²) in [4.78, 5) is 28.5. The van der Waals surface area contributed by atoms with Crippen molar-refractivity contribution >= 4 is 16.6 Å². The Labute approximate surface area is 255 Å². The zero-order valence-corrected chi connectivity index (χ0v) is 26.4. The van der Waals surface area contributed by atoms with Crippen LogP contribution >= 0.6 is 0 Å². The van der Waals surface area contributed by atoms with Gasteiger partial charge >= 0.3 is 0 Å². The second kappa shape index (κ2) is 13.7. The average Bonchev–Trinajstić information content (AvgIpc) is 3.25. The number of benzene rings is 2. The predicted octanol–water partition coefficient (Wildman–Crippen LogP) is 5.00. The summed E-state index contributed by atoms with van der Waals surface area (Å²) in [6.07, 6.45) is 4.74. The number of nitrogens with zero attached hydrogens (tertiary/aromatic N) is 6. The molecule has 2 saturated heterocycles. The zero-order valence-electron chi connectivity index (χ0n) is 26.4. The lowest BCUT2D eigenvalue weighted by molar-refractivity contribution is 0.115. The van der Waals surface area contributed by atoms with E-state index < -0.39 is 0 Å². The molecule has 2 fully saturated rings. The molecular weight excluding hydrogens is 543 g/mol. The fraction of sp³-hybridized carbons (Fsp3) is 0.588. The van der Waals surface area contributed by atoms with E-state index in [0.717, 1.165) is 94.0 Å². The van der Waals surface area contributed by atoms with Crippen molar-refractivity contribution in [3.8, 4) is 5.75 Å². The van der Waals surface area contributed by atoms with Crippen LogP contribution in [0.2, 0.25) is 0 Å². The number of alkyl halides is 1. The quantitative estimate of drug-likeness (QED) is 0.356. The predicted molar refractivity (Wildman–Crippen MR) is 173 cm³/mol. The molecule has 3 aromatic rings. The van der Waals surface area contributed by atoms with Crippen molar-refractivity contribution in [3.63, 3.8) is 0 Å². The van der Waals surface area contributed by atoms with E-state index in [4.69, 9.17) is 4.98 Å². The summed E-state index contributed by atoms with van der Waals surface area (Å²) in [6.45, 7) is 10.2. The normalized spacial score (nSPS) is 19.2. The SMILES string of the molecule is CCCC(c1nc2ccc(N3CCC(c4cccc(O)c4)(N(C)C)CC3)cc2c(=O)n1CC)N1CCCN(CCF)CC1. The highest BCUT2D eigenvalue weighted by atomic mass is 19.1. The minimum absolute atomic E-state index is 0.0266. The van der Waals surface area contributed by atoms with Crippen LogP contribution in [0, 0.1) is 0 Å². The van der Waals surface area contributed by atoms with Crippen molar-refractivity contribution in [1.82, 2.24) is 24.3 Å². The summed E-state index contributed by atoms with van der Waals surface area (Å²) < 4.78 is 14.9. The molecule has 1 aromatic heterocycles. The largest absolute Gasteiger partial charge is 0.508 e. The van der Waals surface area contributed by atoms with Gasteiger partial charge in [-0.1, -0.05) is 25.5 Å². The molecule has 1 atom stereocenters. The van der Waals surface area contributed by atoms with E-state index >= 15 is 0 Å². The van der Waals surface area contributed by atoms with Gasteiger partial charge in [0, 0.05) is 57.0 Å². The highest BCUT2D eigenvalue weighted by Gasteiger charge is 2.38. The highest BCUT2D eigenvalue weighted by Crippen LogP contribution is 2.40. The van der Waals surface area contributed by atoms with Crippen molar-refractivity contribution in [3.05, 3.63) is 64.2 Å². The molecular formula is C34H49FN6O2. The minimum atomic E-state index is -0.312. The van der Waals surface area contributed by atoms with Crippen molar-refractivity contribution in [2.45, 2.75) is 64.1 Å². The molecule has 234 valence electrons. The van der Waals surface area contributed by atoms with Gasteiger partial charge in [-0.25, -0.2) is 9.37 Å². The topological polar surface area (TPSA) is 68.1 Å². The fourth-order valence-corrected chi connectivity index (χ4v) is 7.30. The van der Waals surface area contributed by atoms with Gasteiger partial charge in [0.05, 0.1) is 16.9 Å². The van der Waals surface area contributed by atoms with Crippen LogP contribution in [0.4, 0.5) is 10.1 Å². The number of fused-ring (bicyclic) bond motifs is 1. The number of phenols is 1. The maximum atomic E-state index is 14.0. The van der Waals surface area contributed by atoms with Crippen LogP contribution in [-0.2, 0) is 12.1 Å². The number of anilines is 1. The Bertz CT molecular complexity index is 1430. The second-order valence-corrected chi connectivity index (χ2v) is 12.4. The maximum absolute atomic E-state index is 14.0. The first-order chi connectivity index (χ1) is 20.8. The van der Waals surface area contributed by atoms with Crippen molar-refractivity contribution in [2.24, 2.45) is 0 Å². The fourth-order valence-electron chi connectivity index (χ4n) is 7.30. The standard InChI is InChI=1S/C34H49FN6O2/c1-5-9-31(40-18-8-17-38(21-16-35)22-23-40)32-36-30-13-12-27(25-29(30)33(43)41(32)6-2)39-19-14-34(15-20-39,37(3)4)26-10-7-11-28(42)24-26/h7,10-13,24-25,31,42H,5-6,8-9,14-23H2,1-4H3. The molecule has 9 heteroatoms. The van der Waals surface area contributed by atoms with Gasteiger partial charge in [-0.15, -0.1) is 0 Å². The molecule has 8 nitrogen and oxygen atoms in total. The molecule has 0 radical (unpaired) electrons. The molecule has 0 bridgehead atoms. The third-order valence-corrected chi connectivity index (χ3v) is 9.80. The van der Waals surface area contributed by atoms with Crippen LogP contribution in [0.1, 0.15) is 63.4 Å². The molecule has 2 aromatic carbocycles. The molecule has 1 unspecified atom stereocenters. The Morgan fingerprint density at radius 3 is 2.49 bits per heavy atom. The second-order valence-electron chi connectivity index (χ2n) is 12.4. The summed E-state index contributed by atoms with van der Waals surface area (Å²) in [5, 5.41) is 10.8. The van der Waals surface area contributed by atoms with Crippen molar-refractivity contribution < 1.29 is 9.50 Å². The summed E-state index contributed by atoms with van der Waals surface area (Å²) in [6, 6.07) is 13.9. The Morgan fingerprint density at radius 1 is 1.02 bits per heavy atom. The van der Waals surface area contributed by atoms with Gasteiger partial charge in [-0.05, 0) is 89.1 Å². The van der Waals surface area contributed by atoms with Gasteiger partial charge in [-0.3, -0.25) is 24.1 Å². The van der Waals surface area contributed by atoms with E-state index in [1.165, 1.54) is 0 Å². The first-order valence-corrected chi connectivity index (χ1v) is 16.1.